The Morgan fingerprint density at radius 1 is 0.373 bits per heavy atom. The van der Waals surface area contributed by atoms with Crippen molar-refractivity contribution in [2.45, 2.75) is 19.3 Å². The maximum atomic E-state index is 6.61. The Bertz CT molecular complexity index is 3190. The first kappa shape index (κ1) is 34.8. The Hall–Kier alpha value is -7.42. The van der Waals surface area contributed by atoms with Gasteiger partial charge in [-0.3, -0.25) is 0 Å². The van der Waals surface area contributed by atoms with Crippen molar-refractivity contribution < 1.29 is 4.42 Å². The van der Waals surface area contributed by atoms with E-state index in [1.54, 1.807) is 0 Å². The van der Waals surface area contributed by atoms with Crippen LogP contribution in [0.2, 0.25) is 0 Å². The molecule has 2 nitrogen and oxygen atoms in total. The van der Waals surface area contributed by atoms with Crippen molar-refractivity contribution in [2.75, 3.05) is 4.90 Å². The van der Waals surface area contributed by atoms with E-state index in [2.05, 4.69) is 225 Å². The Balaban J connectivity index is 1.23. The van der Waals surface area contributed by atoms with Gasteiger partial charge in [-0.1, -0.05) is 196 Å². The monoisotopic (exact) mass is 755 g/mol. The van der Waals surface area contributed by atoms with Gasteiger partial charge in [-0.25, -0.2) is 0 Å². The molecule has 0 amide bonds. The topological polar surface area (TPSA) is 16.4 Å². The molecule has 10 aromatic rings. The number of anilines is 3. The first-order valence-corrected chi connectivity index (χ1v) is 20.4. The van der Waals surface area contributed by atoms with E-state index in [0.29, 0.717) is 0 Å². The molecule has 11 rings (SSSR count). The van der Waals surface area contributed by atoms with Gasteiger partial charge in [-0.05, 0) is 80.4 Å². The van der Waals surface area contributed by atoms with Crippen LogP contribution in [0.25, 0.3) is 77.6 Å². The second kappa shape index (κ2) is 13.9. The lowest BCUT2D eigenvalue weighted by atomic mass is 9.82. The molecular weight excluding hydrogens is 715 g/mol. The SMILES string of the molecule is CC1(C)c2ccccc2-c2c(N(c3cccc(-c4cccc5c4oc4ccccc45)c3)c3cccc(-c4ccccc4)c3-c3ccccc3-c3ccccc3)cccc21. The van der Waals surface area contributed by atoms with Crippen LogP contribution >= 0.6 is 0 Å². The first-order valence-electron chi connectivity index (χ1n) is 20.4. The van der Waals surface area contributed by atoms with Crippen LogP contribution in [0.15, 0.2) is 217 Å². The van der Waals surface area contributed by atoms with Crippen molar-refractivity contribution in [1.82, 2.24) is 0 Å². The molecule has 0 saturated carbocycles. The molecule has 0 radical (unpaired) electrons. The minimum atomic E-state index is -0.166. The van der Waals surface area contributed by atoms with Crippen molar-refractivity contribution in [1.29, 1.82) is 0 Å². The van der Waals surface area contributed by atoms with Gasteiger partial charge in [-0.2, -0.15) is 0 Å². The quantitative estimate of drug-likeness (QED) is 0.161. The summed E-state index contributed by atoms with van der Waals surface area (Å²) >= 11 is 0. The molecule has 1 aliphatic rings. The molecule has 59 heavy (non-hydrogen) atoms. The normalized spacial score (nSPS) is 12.7. The van der Waals surface area contributed by atoms with E-state index >= 15 is 0 Å². The Labute approximate surface area is 345 Å². The highest BCUT2D eigenvalue weighted by atomic mass is 16.3. The number of fused-ring (bicyclic) bond motifs is 6. The maximum absolute atomic E-state index is 6.61. The number of benzene rings is 9. The van der Waals surface area contributed by atoms with Gasteiger partial charge in [0.2, 0.25) is 0 Å². The summed E-state index contributed by atoms with van der Waals surface area (Å²) in [4.78, 5) is 2.52. The van der Waals surface area contributed by atoms with Crippen LogP contribution in [0.5, 0.6) is 0 Å². The third kappa shape index (κ3) is 5.63. The van der Waals surface area contributed by atoms with Crippen molar-refractivity contribution in [3.05, 3.63) is 223 Å². The Morgan fingerprint density at radius 3 is 1.69 bits per heavy atom. The molecule has 1 heterocycles. The van der Waals surface area contributed by atoms with Gasteiger partial charge in [0.05, 0.1) is 11.4 Å². The smallest absolute Gasteiger partial charge is 0.143 e. The summed E-state index contributed by atoms with van der Waals surface area (Å²) < 4.78 is 6.61. The van der Waals surface area contributed by atoms with Gasteiger partial charge in [0.15, 0.2) is 0 Å². The van der Waals surface area contributed by atoms with Crippen LogP contribution in [0, 0.1) is 0 Å². The summed E-state index contributed by atoms with van der Waals surface area (Å²) in [7, 11) is 0. The average Bonchev–Trinajstić information content (AvgIpc) is 3.79. The standard InChI is InChI=1S/C57H41NO/c1-57(2)49-32-13-11-28-48(49)55-50(57)33-18-35-52(55)58(41-24-15-23-40(37-41)44-30-16-31-47-45-26-12-14-36-53(45)59-56(44)47)51-34-17-29-43(39-21-7-4-8-22-39)54(51)46-27-10-9-25-42(46)38-19-5-3-6-20-38/h3-37H,1-2H3. The summed E-state index contributed by atoms with van der Waals surface area (Å²) in [5.74, 6) is 0. The predicted octanol–water partition coefficient (Wildman–Crippen LogP) is 16.0. The molecule has 9 aromatic carbocycles. The minimum Gasteiger partial charge on any atom is -0.455 e. The molecule has 0 spiro atoms. The van der Waals surface area contributed by atoms with E-state index in [-0.39, 0.29) is 5.41 Å². The highest BCUT2D eigenvalue weighted by molar-refractivity contribution is 6.10. The minimum absolute atomic E-state index is 0.166. The van der Waals surface area contributed by atoms with Crippen molar-refractivity contribution >= 4 is 39.0 Å². The van der Waals surface area contributed by atoms with Gasteiger partial charge in [0.1, 0.15) is 11.2 Å². The average molecular weight is 756 g/mol. The zero-order chi connectivity index (χ0) is 39.5. The van der Waals surface area contributed by atoms with Crippen molar-refractivity contribution in [3.63, 3.8) is 0 Å². The first-order chi connectivity index (χ1) is 29.1. The summed E-state index contributed by atoms with van der Waals surface area (Å²) in [6, 6.07) is 76.9. The number of furan rings is 1. The maximum Gasteiger partial charge on any atom is 0.143 e. The molecule has 0 atom stereocenters. The van der Waals surface area contributed by atoms with Crippen molar-refractivity contribution in [2.24, 2.45) is 0 Å². The third-order valence-electron chi connectivity index (χ3n) is 12.3. The van der Waals surface area contributed by atoms with Crippen molar-refractivity contribution in [3.8, 4) is 55.6 Å². The van der Waals surface area contributed by atoms with Crippen LogP contribution in [0.1, 0.15) is 25.0 Å². The lowest BCUT2D eigenvalue weighted by Crippen LogP contribution is -2.16. The van der Waals surface area contributed by atoms with Gasteiger partial charge in [-0.15, -0.1) is 0 Å². The number of nitrogens with zero attached hydrogens (tertiary/aromatic N) is 1. The van der Waals surface area contributed by atoms with Gasteiger partial charge < -0.3 is 9.32 Å². The molecule has 0 saturated heterocycles. The fourth-order valence-corrected chi connectivity index (χ4v) is 9.55. The summed E-state index contributed by atoms with van der Waals surface area (Å²) in [5, 5.41) is 2.25. The predicted molar refractivity (Wildman–Crippen MR) is 248 cm³/mol. The Kier molecular flexibility index (Phi) is 8.20. The summed E-state index contributed by atoms with van der Waals surface area (Å²) in [6.45, 7) is 4.72. The van der Waals surface area contributed by atoms with Gasteiger partial charge in [0, 0.05) is 38.6 Å². The molecule has 0 N–H and O–H groups in total. The highest BCUT2D eigenvalue weighted by Gasteiger charge is 2.38. The van der Waals surface area contributed by atoms with E-state index in [9.17, 15) is 0 Å². The largest absolute Gasteiger partial charge is 0.455 e. The third-order valence-corrected chi connectivity index (χ3v) is 12.3. The molecule has 2 heteroatoms. The van der Waals surface area contributed by atoms with E-state index in [4.69, 9.17) is 4.42 Å². The molecule has 0 fully saturated rings. The highest BCUT2D eigenvalue weighted by Crippen LogP contribution is 2.56. The second-order valence-corrected chi connectivity index (χ2v) is 16.0. The van der Waals surface area contributed by atoms with Crippen LogP contribution in [-0.2, 0) is 5.41 Å². The van der Waals surface area contributed by atoms with Gasteiger partial charge in [0.25, 0.3) is 0 Å². The summed E-state index contributed by atoms with van der Waals surface area (Å²) in [5.41, 5.74) is 19.4. The second-order valence-electron chi connectivity index (χ2n) is 16.0. The lowest BCUT2D eigenvalue weighted by Gasteiger charge is -2.32. The molecule has 1 aromatic heterocycles. The van der Waals surface area contributed by atoms with Crippen LogP contribution < -0.4 is 4.90 Å². The van der Waals surface area contributed by atoms with E-state index < -0.39 is 0 Å². The molecule has 0 aliphatic heterocycles. The fourth-order valence-electron chi connectivity index (χ4n) is 9.55. The van der Waals surface area contributed by atoms with Crippen LogP contribution in [0.4, 0.5) is 17.1 Å². The summed E-state index contributed by atoms with van der Waals surface area (Å²) in [6.07, 6.45) is 0. The Morgan fingerprint density at radius 2 is 0.898 bits per heavy atom. The lowest BCUT2D eigenvalue weighted by molar-refractivity contribution is 0.660. The van der Waals surface area contributed by atoms with Crippen LogP contribution in [-0.4, -0.2) is 0 Å². The molecule has 0 bridgehead atoms. The molecule has 1 aliphatic carbocycles. The molecule has 280 valence electrons. The van der Waals surface area contributed by atoms with E-state index in [1.807, 2.05) is 6.07 Å². The number of para-hydroxylation sites is 2. The number of hydrogen-bond acceptors (Lipinski definition) is 2. The van der Waals surface area contributed by atoms with Crippen LogP contribution in [0.3, 0.4) is 0 Å². The number of rotatable bonds is 7. The van der Waals surface area contributed by atoms with E-state index in [1.165, 1.54) is 55.6 Å². The molecular formula is C57H41NO. The number of hydrogen-bond donors (Lipinski definition) is 0. The molecule has 0 unspecified atom stereocenters. The van der Waals surface area contributed by atoms with E-state index in [0.717, 1.165) is 50.1 Å². The zero-order valence-corrected chi connectivity index (χ0v) is 33.1. The fraction of sp³-hybridized carbons (Fsp3) is 0.0526. The van der Waals surface area contributed by atoms with Gasteiger partial charge >= 0.3 is 0 Å². The zero-order valence-electron chi connectivity index (χ0n) is 33.1.